The zero-order valence-electron chi connectivity index (χ0n) is 9.24. The van der Waals surface area contributed by atoms with E-state index in [2.05, 4.69) is 60.7 Å². The Bertz CT molecular complexity index is 289. The first kappa shape index (κ1) is 15.2. The van der Waals surface area contributed by atoms with Gasteiger partial charge in [0, 0.05) is 9.61 Å². The summed E-state index contributed by atoms with van der Waals surface area (Å²) >= 11 is 2.33. The Morgan fingerprint density at radius 1 is 1.27 bits per heavy atom. The fourth-order valence-electron chi connectivity index (χ4n) is 1.42. The standard InChI is InChI=1S/C12H18IN.ClH/c1-9(2)6-7-12(14)10-4-3-5-11(13)8-10;/h3-5,8-9,12H,6-7,14H2,1-2H3;1H/t12-;/m1./s1. The summed E-state index contributed by atoms with van der Waals surface area (Å²) in [4.78, 5) is 0. The Hall–Kier alpha value is 0.200. The van der Waals surface area contributed by atoms with Gasteiger partial charge in [-0.15, -0.1) is 12.4 Å². The van der Waals surface area contributed by atoms with Crippen LogP contribution in [0.5, 0.6) is 0 Å². The molecule has 2 N–H and O–H groups in total. The third kappa shape index (κ3) is 5.73. The summed E-state index contributed by atoms with van der Waals surface area (Å²) in [5.74, 6) is 0.740. The van der Waals surface area contributed by atoms with Gasteiger partial charge in [-0.25, -0.2) is 0 Å². The molecule has 0 saturated carbocycles. The van der Waals surface area contributed by atoms with Crippen LogP contribution in [0.3, 0.4) is 0 Å². The molecule has 1 aromatic carbocycles. The number of hydrogen-bond acceptors (Lipinski definition) is 1. The minimum absolute atomic E-state index is 0. The molecule has 1 nitrogen and oxygen atoms in total. The molecular weight excluding hydrogens is 320 g/mol. The predicted molar refractivity (Wildman–Crippen MR) is 77.4 cm³/mol. The molecule has 0 saturated heterocycles. The summed E-state index contributed by atoms with van der Waals surface area (Å²) in [5, 5.41) is 0. The second kappa shape index (κ2) is 7.47. The molecule has 3 heteroatoms. The summed E-state index contributed by atoms with van der Waals surface area (Å²) in [5.41, 5.74) is 7.37. The van der Waals surface area contributed by atoms with Gasteiger partial charge in [0.05, 0.1) is 0 Å². The molecule has 0 radical (unpaired) electrons. The van der Waals surface area contributed by atoms with Crippen LogP contribution in [-0.4, -0.2) is 0 Å². The van der Waals surface area contributed by atoms with E-state index in [4.69, 9.17) is 5.73 Å². The van der Waals surface area contributed by atoms with Gasteiger partial charge in [-0.2, -0.15) is 0 Å². The highest BCUT2D eigenvalue weighted by Crippen LogP contribution is 2.20. The van der Waals surface area contributed by atoms with E-state index in [0.29, 0.717) is 0 Å². The summed E-state index contributed by atoms with van der Waals surface area (Å²) in [6.45, 7) is 4.48. The van der Waals surface area contributed by atoms with E-state index >= 15 is 0 Å². The maximum atomic E-state index is 6.11. The molecule has 86 valence electrons. The fraction of sp³-hybridized carbons (Fsp3) is 0.500. The van der Waals surface area contributed by atoms with Crippen molar-refractivity contribution in [2.24, 2.45) is 11.7 Å². The Kier molecular flexibility index (Phi) is 7.57. The smallest absolute Gasteiger partial charge is 0.0295 e. The van der Waals surface area contributed by atoms with E-state index in [0.717, 1.165) is 12.3 Å². The lowest BCUT2D eigenvalue weighted by molar-refractivity contribution is 0.507. The van der Waals surface area contributed by atoms with E-state index in [-0.39, 0.29) is 18.4 Å². The lowest BCUT2D eigenvalue weighted by Crippen LogP contribution is -2.11. The van der Waals surface area contributed by atoms with Gasteiger partial charge < -0.3 is 5.73 Å². The number of hydrogen-bond donors (Lipinski definition) is 1. The van der Waals surface area contributed by atoms with E-state index < -0.39 is 0 Å². The Morgan fingerprint density at radius 2 is 1.93 bits per heavy atom. The first-order valence-corrected chi connectivity index (χ1v) is 6.18. The number of nitrogens with two attached hydrogens (primary N) is 1. The maximum absolute atomic E-state index is 6.11. The highest BCUT2D eigenvalue weighted by molar-refractivity contribution is 14.1. The van der Waals surface area contributed by atoms with Crippen LogP contribution in [0, 0.1) is 9.49 Å². The highest BCUT2D eigenvalue weighted by atomic mass is 127. The number of halogens is 2. The predicted octanol–water partition coefficient (Wildman–Crippen LogP) is 4.15. The lowest BCUT2D eigenvalue weighted by atomic mass is 9.98. The van der Waals surface area contributed by atoms with Crippen LogP contribution in [0.1, 0.15) is 38.3 Å². The third-order valence-electron chi connectivity index (χ3n) is 2.33. The molecule has 0 unspecified atom stereocenters. The third-order valence-corrected chi connectivity index (χ3v) is 3.00. The van der Waals surface area contributed by atoms with Gasteiger partial charge in [-0.3, -0.25) is 0 Å². The van der Waals surface area contributed by atoms with Gasteiger partial charge in [0.15, 0.2) is 0 Å². The van der Waals surface area contributed by atoms with Gasteiger partial charge in [-0.1, -0.05) is 26.0 Å². The topological polar surface area (TPSA) is 26.0 Å². The second-order valence-corrected chi connectivity index (χ2v) is 5.38. The SMILES string of the molecule is CC(C)CC[C@@H](N)c1cccc(I)c1.Cl. The van der Waals surface area contributed by atoms with Crippen LogP contribution in [0.25, 0.3) is 0 Å². The van der Waals surface area contributed by atoms with Gasteiger partial charge in [0.2, 0.25) is 0 Å². The number of rotatable bonds is 4. The average molecular weight is 340 g/mol. The molecule has 1 aromatic rings. The molecular formula is C12H19ClIN. The zero-order valence-corrected chi connectivity index (χ0v) is 12.2. The van der Waals surface area contributed by atoms with Crippen molar-refractivity contribution in [1.82, 2.24) is 0 Å². The maximum Gasteiger partial charge on any atom is 0.0295 e. The van der Waals surface area contributed by atoms with Crippen molar-refractivity contribution in [3.05, 3.63) is 33.4 Å². The van der Waals surface area contributed by atoms with E-state index in [1.54, 1.807) is 0 Å². The monoisotopic (exact) mass is 339 g/mol. The van der Waals surface area contributed by atoms with Gasteiger partial charge >= 0.3 is 0 Å². The fourth-order valence-corrected chi connectivity index (χ4v) is 1.98. The largest absolute Gasteiger partial charge is 0.324 e. The molecule has 0 heterocycles. The van der Waals surface area contributed by atoms with Crippen molar-refractivity contribution in [2.75, 3.05) is 0 Å². The second-order valence-electron chi connectivity index (χ2n) is 4.13. The van der Waals surface area contributed by atoms with Crippen LogP contribution in [0.15, 0.2) is 24.3 Å². The molecule has 0 fully saturated rings. The lowest BCUT2D eigenvalue weighted by Gasteiger charge is -2.13. The van der Waals surface area contributed by atoms with Crippen molar-refractivity contribution >= 4 is 35.0 Å². The Labute approximate surface area is 112 Å². The van der Waals surface area contributed by atoms with E-state index in [1.807, 2.05) is 0 Å². The van der Waals surface area contributed by atoms with Crippen molar-refractivity contribution in [1.29, 1.82) is 0 Å². The quantitative estimate of drug-likeness (QED) is 0.819. The normalized spacial score (nSPS) is 12.3. The first-order valence-electron chi connectivity index (χ1n) is 5.10. The summed E-state index contributed by atoms with van der Waals surface area (Å²) in [6, 6.07) is 8.66. The molecule has 1 atom stereocenters. The summed E-state index contributed by atoms with van der Waals surface area (Å²) in [7, 11) is 0. The molecule has 1 rings (SSSR count). The van der Waals surface area contributed by atoms with Crippen LogP contribution in [0.2, 0.25) is 0 Å². The van der Waals surface area contributed by atoms with E-state index in [1.165, 1.54) is 15.6 Å². The Balaban J connectivity index is 0.00000196. The Morgan fingerprint density at radius 3 is 2.47 bits per heavy atom. The van der Waals surface area contributed by atoms with Crippen LogP contribution < -0.4 is 5.73 Å². The molecule has 0 aliphatic heterocycles. The zero-order chi connectivity index (χ0) is 10.6. The molecule has 0 amide bonds. The molecule has 15 heavy (non-hydrogen) atoms. The van der Waals surface area contributed by atoms with Crippen LogP contribution >= 0.6 is 35.0 Å². The van der Waals surface area contributed by atoms with Crippen LogP contribution in [0.4, 0.5) is 0 Å². The summed E-state index contributed by atoms with van der Waals surface area (Å²) < 4.78 is 1.26. The van der Waals surface area contributed by atoms with Crippen LogP contribution in [-0.2, 0) is 0 Å². The highest BCUT2D eigenvalue weighted by Gasteiger charge is 2.06. The number of benzene rings is 1. The minimum atomic E-state index is 0. The van der Waals surface area contributed by atoms with Crippen molar-refractivity contribution in [3.8, 4) is 0 Å². The summed E-state index contributed by atoms with van der Waals surface area (Å²) in [6.07, 6.45) is 2.28. The molecule has 0 spiro atoms. The van der Waals surface area contributed by atoms with Gasteiger partial charge in [0.1, 0.15) is 0 Å². The molecule has 0 aromatic heterocycles. The van der Waals surface area contributed by atoms with Crippen molar-refractivity contribution < 1.29 is 0 Å². The van der Waals surface area contributed by atoms with Crippen molar-refractivity contribution in [2.45, 2.75) is 32.7 Å². The average Bonchev–Trinajstić information content (AvgIpc) is 2.14. The van der Waals surface area contributed by atoms with E-state index in [9.17, 15) is 0 Å². The molecule has 0 bridgehead atoms. The molecule has 0 aliphatic carbocycles. The first-order chi connectivity index (χ1) is 6.59. The van der Waals surface area contributed by atoms with Gasteiger partial charge in [0.25, 0.3) is 0 Å². The molecule has 0 aliphatic rings. The minimum Gasteiger partial charge on any atom is -0.324 e. The van der Waals surface area contributed by atoms with Gasteiger partial charge in [-0.05, 0) is 59.0 Å². The van der Waals surface area contributed by atoms with Crippen molar-refractivity contribution in [3.63, 3.8) is 0 Å².